The van der Waals surface area contributed by atoms with Gasteiger partial charge in [-0.3, -0.25) is 4.79 Å². The highest BCUT2D eigenvalue weighted by Gasteiger charge is 2.23. The van der Waals surface area contributed by atoms with Gasteiger partial charge in [-0.1, -0.05) is 18.2 Å². The second kappa shape index (κ2) is 7.10. The molecular weight excluding hydrogens is 292 g/mol. The fourth-order valence-corrected chi connectivity index (χ4v) is 1.76. The first kappa shape index (κ1) is 17.0. The summed E-state index contributed by atoms with van der Waals surface area (Å²) in [6, 6.07) is 9.16. The van der Waals surface area contributed by atoms with Crippen LogP contribution in [0.15, 0.2) is 36.5 Å². The number of benzene rings is 1. The Hall–Kier alpha value is -2.05. The summed E-state index contributed by atoms with van der Waals surface area (Å²) in [6.45, 7) is 2.19. The SMILES string of the molecule is CC(CN)N(C)C(=O)c1nn(-c2ccccc2)cc1O.Cl. The lowest BCUT2D eigenvalue weighted by atomic mass is 10.2. The first-order chi connectivity index (χ1) is 9.54. The molecule has 0 bridgehead atoms. The predicted molar refractivity (Wildman–Crippen MR) is 83.1 cm³/mol. The third-order valence-corrected chi connectivity index (χ3v) is 3.24. The van der Waals surface area contributed by atoms with Crippen LogP contribution in [0.25, 0.3) is 5.69 Å². The Kier molecular flexibility index (Phi) is 5.75. The van der Waals surface area contributed by atoms with E-state index in [-0.39, 0.29) is 35.8 Å². The van der Waals surface area contributed by atoms with Crippen LogP contribution < -0.4 is 5.73 Å². The second-order valence-electron chi connectivity index (χ2n) is 4.64. The van der Waals surface area contributed by atoms with Crippen molar-refractivity contribution in [3.8, 4) is 11.4 Å². The normalized spacial score (nSPS) is 11.6. The summed E-state index contributed by atoms with van der Waals surface area (Å²) in [5.74, 6) is -0.495. The summed E-state index contributed by atoms with van der Waals surface area (Å²) >= 11 is 0. The fraction of sp³-hybridized carbons (Fsp3) is 0.286. The molecule has 114 valence electrons. The Labute approximate surface area is 129 Å². The summed E-state index contributed by atoms with van der Waals surface area (Å²) in [5.41, 5.74) is 6.34. The van der Waals surface area contributed by atoms with E-state index in [1.54, 1.807) is 7.05 Å². The summed E-state index contributed by atoms with van der Waals surface area (Å²) < 4.78 is 1.48. The highest BCUT2D eigenvalue weighted by molar-refractivity contribution is 5.94. The van der Waals surface area contributed by atoms with Crippen LogP contribution in [0.4, 0.5) is 0 Å². The molecule has 1 aromatic heterocycles. The van der Waals surface area contributed by atoms with Gasteiger partial charge in [0.2, 0.25) is 0 Å². The Balaban J connectivity index is 0.00000220. The van der Waals surface area contributed by atoms with Gasteiger partial charge in [0, 0.05) is 19.6 Å². The molecule has 1 heterocycles. The van der Waals surface area contributed by atoms with Gasteiger partial charge < -0.3 is 15.7 Å². The minimum atomic E-state index is -0.352. The monoisotopic (exact) mass is 310 g/mol. The maximum absolute atomic E-state index is 12.2. The minimum Gasteiger partial charge on any atom is -0.504 e. The van der Waals surface area contributed by atoms with Gasteiger partial charge in [-0.15, -0.1) is 12.4 Å². The summed E-state index contributed by atoms with van der Waals surface area (Å²) in [6.07, 6.45) is 1.42. The molecule has 0 saturated heterocycles. The number of para-hydroxylation sites is 1. The van der Waals surface area contributed by atoms with E-state index in [1.807, 2.05) is 37.3 Å². The molecule has 1 unspecified atom stereocenters. The van der Waals surface area contributed by atoms with Crippen molar-refractivity contribution in [3.63, 3.8) is 0 Å². The second-order valence-corrected chi connectivity index (χ2v) is 4.64. The van der Waals surface area contributed by atoms with E-state index < -0.39 is 0 Å². The Morgan fingerprint density at radius 1 is 1.43 bits per heavy atom. The minimum absolute atomic E-state index is 0. The number of halogens is 1. The van der Waals surface area contributed by atoms with Crippen LogP contribution in [0.2, 0.25) is 0 Å². The van der Waals surface area contributed by atoms with Gasteiger partial charge in [0.15, 0.2) is 11.4 Å². The maximum Gasteiger partial charge on any atom is 0.278 e. The topological polar surface area (TPSA) is 84.4 Å². The number of carbonyl (C=O) groups excluding carboxylic acids is 1. The van der Waals surface area contributed by atoms with E-state index in [0.29, 0.717) is 6.54 Å². The first-order valence-electron chi connectivity index (χ1n) is 6.36. The van der Waals surface area contributed by atoms with E-state index in [2.05, 4.69) is 5.10 Å². The number of amides is 1. The van der Waals surface area contributed by atoms with Crippen molar-refractivity contribution in [2.45, 2.75) is 13.0 Å². The van der Waals surface area contributed by atoms with Gasteiger partial charge in [-0.2, -0.15) is 5.10 Å². The van der Waals surface area contributed by atoms with Gasteiger partial charge in [-0.05, 0) is 19.1 Å². The van der Waals surface area contributed by atoms with Crippen LogP contribution in [0.1, 0.15) is 17.4 Å². The summed E-state index contributed by atoms with van der Waals surface area (Å²) in [4.78, 5) is 13.7. The molecule has 3 N–H and O–H groups in total. The number of aromatic nitrogens is 2. The smallest absolute Gasteiger partial charge is 0.278 e. The van der Waals surface area contributed by atoms with Gasteiger partial charge in [0.25, 0.3) is 5.91 Å². The van der Waals surface area contributed by atoms with Crippen molar-refractivity contribution in [2.75, 3.05) is 13.6 Å². The van der Waals surface area contributed by atoms with Gasteiger partial charge >= 0.3 is 0 Å². The molecule has 2 aromatic rings. The number of nitrogens with two attached hydrogens (primary N) is 1. The van der Waals surface area contributed by atoms with Crippen LogP contribution in [0.3, 0.4) is 0 Å². The Morgan fingerprint density at radius 2 is 2.05 bits per heavy atom. The highest BCUT2D eigenvalue weighted by Crippen LogP contribution is 2.19. The lowest BCUT2D eigenvalue weighted by Crippen LogP contribution is -2.39. The number of rotatable bonds is 4. The molecule has 0 radical (unpaired) electrons. The predicted octanol–water partition coefficient (Wildman–Crippen LogP) is 1.42. The molecule has 0 aliphatic carbocycles. The summed E-state index contributed by atoms with van der Waals surface area (Å²) in [7, 11) is 1.64. The van der Waals surface area contributed by atoms with Crippen LogP contribution >= 0.6 is 12.4 Å². The number of likely N-dealkylation sites (N-methyl/N-ethyl adjacent to an activating group) is 1. The van der Waals surface area contributed by atoms with Crippen molar-refractivity contribution in [3.05, 3.63) is 42.2 Å². The maximum atomic E-state index is 12.2. The highest BCUT2D eigenvalue weighted by atomic mass is 35.5. The van der Waals surface area contributed by atoms with Crippen molar-refractivity contribution < 1.29 is 9.90 Å². The van der Waals surface area contributed by atoms with Crippen molar-refractivity contribution in [1.29, 1.82) is 0 Å². The number of aromatic hydroxyl groups is 1. The fourth-order valence-electron chi connectivity index (χ4n) is 1.76. The molecule has 0 saturated carbocycles. The van der Waals surface area contributed by atoms with E-state index in [1.165, 1.54) is 15.8 Å². The van der Waals surface area contributed by atoms with Crippen molar-refractivity contribution in [1.82, 2.24) is 14.7 Å². The van der Waals surface area contributed by atoms with Crippen LogP contribution in [-0.2, 0) is 0 Å². The van der Waals surface area contributed by atoms with E-state index in [0.717, 1.165) is 5.69 Å². The van der Waals surface area contributed by atoms with E-state index in [9.17, 15) is 9.90 Å². The lowest BCUT2D eigenvalue weighted by molar-refractivity contribution is 0.0739. The third kappa shape index (κ3) is 3.53. The molecule has 21 heavy (non-hydrogen) atoms. The van der Waals surface area contributed by atoms with Crippen LogP contribution in [0.5, 0.6) is 5.75 Å². The molecule has 1 atom stereocenters. The summed E-state index contributed by atoms with van der Waals surface area (Å²) in [5, 5.41) is 14.1. The zero-order chi connectivity index (χ0) is 14.7. The first-order valence-corrected chi connectivity index (χ1v) is 6.36. The molecule has 0 aliphatic heterocycles. The van der Waals surface area contributed by atoms with Gasteiger partial charge in [-0.25, -0.2) is 4.68 Å². The zero-order valence-electron chi connectivity index (χ0n) is 11.9. The van der Waals surface area contributed by atoms with Crippen molar-refractivity contribution in [2.24, 2.45) is 5.73 Å². The number of hydrogen-bond acceptors (Lipinski definition) is 4. The number of hydrogen-bond donors (Lipinski definition) is 2. The molecule has 1 aromatic carbocycles. The molecule has 2 rings (SSSR count). The Bertz CT molecular complexity index is 600. The van der Waals surface area contributed by atoms with Crippen LogP contribution in [0, 0.1) is 0 Å². The molecule has 7 heteroatoms. The number of carbonyl (C=O) groups is 1. The van der Waals surface area contributed by atoms with E-state index in [4.69, 9.17) is 5.73 Å². The molecular formula is C14H19ClN4O2. The number of nitrogens with zero attached hydrogens (tertiary/aromatic N) is 3. The van der Waals surface area contributed by atoms with Crippen LogP contribution in [-0.4, -0.2) is 45.3 Å². The average molecular weight is 311 g/mol. The van der Waals surface area contributed by atoms with E-state index >= 15 is 0 Å². The lowest BCUT2D eigenvalue weighted by Gasteiger charge is -2.22. The largest absolute Gasteiger partial charge is 0.504 e. The van der Waals surface area contributed by atoms with Gasteiger partial charge in [0.1, 0.15) is 0 Å². The van der Waals surface area contributed by atoms with Gasteiger partial charge in [0.05, 0.1) is 11.9 Å². The molecule has 0 fully saturated rings. The quantitative estimate of drug-likeness (QED) is 0.894. The third-order valence-electron chi connectivity index (χ3n) is 3.24. The van der Waals surface area contributed by atoms with Crippen molar-refractivity contribution >= 4 is 18.3 Å². The molecule has 6 nitrogen and oxygen atoms in total. The standard InChI is InChI=1S/C14H18N4O2.ClH/c1-10(8-15)17(2)14(20)13-12(19)9-18(16-13)11-6-4-3-5-7-11;/h3-7,9-10,19H,8,15H2,1-2H3;1H. The molecule has 0 spiro atoms. The molecule has 0 aliphatic rings. The zero-order valence-corrected chi connectivity index (χ0v) is 12.7. The molecule has 1 amide bonds. The Morgan fingerprint density at radius 3 is 2.62 bits per heavy atom. The average Bonchev–Trinajstić information content (AvgIpc) is 2.87.